The normalized spacial score (nSPS) is 21.1. The number of nitrogens with zero attached hydrogens (tertiary/aromatic N) is 4. The largest absolute Gasteiger partial charge is 0.419 e. The first-order valence-corrected chi connectivity index (χ1v) is 11.6. The Labute approximate surface area is 205 Å². The van der Waals surface area contributed by atoms with Crippen LogP contribution in [-0.4, -0.2) is 26.7 Å². The summed E-state index contributed by atoms with van der Waals surface area (Å²) in [6.07, 6.45) is 5.85. The maximum Gasteiger partial charge on any atom is 0.273 e. The Morgan fingerprint density at radius 3 is 2.61 bits per heavy atom. The lowest BCUT2D eigenvalue weighted by Crippen LogP contribution is -2.39. The quantitative estimate of drug-likeness (QED) is 0.475. The maximum atomic E-state index is 13.2. The van der Waals surface area contributed by atoms with Crippen LogP contribution in [0.3, 0.4) is 0 Å². The molecule has 2 aliphatic carbocycles. The minimum atomic E-state index is -0.415. The Kier molecular flexibility index (Phi) is 5.92. The van der Waals surface area contributed by atoms with Gasteiger partial charge in [-0.3, -0.25) is 4.79 Å². The van der Waals surface area contributed by atoms with E-state index in [9.17, 15) is 10.1 Å². The minimum absolute atomic E-state index is 0.0153. The number of nitrogens with one attached hydrogen (secondary N) is 1. The van der Waals surface area contributed by atoms with Gasteiger partial charge in [0.2, 0.25) is 11.8 Å². The zero-order valence-electron chi connectivity index (χ0n) is 17.3. The Balaban J connectivity index is 1.56. The molecule has 1 aromatic carbocycles. The van der Waals surface area contributed by atoms with Crippen molar-refractivity contribution in [3.63, 3.8) is 0 Å². The molecule has 5 rings (SSSR count). The first-order chi connectivity index (χ1) is 15.9. The van der Waals surface area contributed by atoms with Gasteiger partial charge < -0.3 is 10.1 Å². The van der Waals surface area contributed by atoms with Gasteiger partial charge in [0.15, 0.2) is 5.69 Å². The van der Waals surface area contributed by atoms with Crippen molar-refractivity contribution in [3.8, 4) is 23.5 Å². The highest BCUT2D eigenvalue weighted by atomic mass is 35.5. The van der Waals surface area contributed by atoms with E-state index >= 15 is 0 Å². The van der Waals surface area contributed by atoms with E-state index in [0.717, 1.165) is 19.3 Å². The highest BCUT2D eigenvalue weighted by Gasteiger charge is 2.41. The van der Waals surface area contributed by atoms with E-state index in [0.29, 0.717) is 27.6 Å². The molecular formula is C23H18Cl3N5O2. The summed E-state index contributed by atoms with van der Waals surface area (Å²) in [6.45, 7) is 0. The molecule has 2 fully saturated rings. The smallest absolute Gasteiger partial charge is 0.273 e. The summed E-state index contributed by atoms with van der Waals surface area (Å²) in [5.74, 6) is 0.931. The van der Waals surface area contributed by atoms with Crippen molar-refractivity contribution in [3.05, 3.63) is 62.9 Å². The number of amides is 1. The van der Waals surface area contributed by atoms with Crippen LogP contribution in [0.15, 0.2) is 36.5 Å². The van der Waals surface area contributed by atoms with Crippen LogP contribution in [0.1, 0.15) is 41.7 Å². The fourth-order valence-electron chi connectivity index (χ4n) is 4.75. The number of halogens is 3. The molecule has 3 atom stereocenters. The van der Waals surface area contributed by atoms with Crippen molar-refractivity contribution in [2.75, 3.05) is 0 Å². The van der Waals surface area contributed by atoms with E-state index in [4.69, 9.17) is 39.5 Å². The van der Waals surface area contributed by atoms with Gasteiger partial charge in [-0.1, -0.05) is 41.2 Å². The van der Waals surface area contributed by atoms with Gasteiger partial charge in [-0.15, -0.1) is 0 Å². The topological polar surface area (TPSA) is 92.8 Å². The van der Waals surface area contributed by atoms with Gasteiger partial charge >= 0.3 is 0 Å². The number of rotatable bonds is 5. The average molecular weight is 503 g/mol. The predicted octanol–water partition coefficient (Wildman–Crippen LogP) is 5.81. The van der Waals surface area contributed by atoms with Gasteiger partial charge in [-0.05, 0) is 55.4 Å². The number of aromatic nitrogens is 3. The number of benzene rings is 1. The highest BCUT2D eigenvalue weighted by molar-refractivity contribution is 6.35. The first-order valence-electron chi connectivity index (χ1n) is 10.5. The van der Waals surface area contributed by atoms with Gasteiger partial charge in [0, 0.05) is 23.3 Å². The molecule has 0 spiro atoms. The van der Waals surface area contributed by atoms with Crippen molar-refractivity contribution in [2.24, 2.45) is 11.8 Å². The minimum Gasteiger partial charge on any atom is -0.419 e. The number of hydrogen-bond acceptors (Lipinski definition) is 5. The molecule has 0 unspecified atom stereocenters. The van der Waals surface area contributed by atoms with Crippen molar-refractivity contribution < 1.29 is 9.53 Å². The number of pyridine rings is 1. The molecule has 168 valence electrons. The van der Waals surface area contributed by atoms with Crippen LogP contribution < -0.4 is 10.1 Å². The van der Waals surface area contributed by atoms with E-state index in [-0.39, 0.29) is 34.1 Å². The highest BCUT2D eigenvalue weighted by Crippen LogP contribution is 2.44. The summed E-state index contributed by atoms with van der Waals surface area (Å²) in [5.41, 5.74) is 0.356. The van der Waals surface area contributed by atoms with E-state index in [1.54, 1.807) is 30.3 Å². The van der Waals surface area contributed by atoms with Crippen molar-refractivity contribution in [2.45, 2.75) is 31.7 Å². The predicted molar refractivity (Wildman–Crippen MR) is 124 cm³/mol. The summed E-state index contributed by atoms with van der Waals surface area (Å²) in [7, 11) is 0. The van der Waals surface area contributed by atoms with Crippen LogP contribution in [0.4, 0.5) is 0 Å². The second kappa shape index (κ2) is 8.86. The molecule has 2 aliphatic rings. The van der Waals surface area contributed by atoms with Crippen LogP contribution in [-0.2, 0) is 0 Å². The molecule has 0 aliphatic heterocycles. The molecule has 33 heavy (non-hydrogen) atoms. The van der Waals surface area contributed by atoms with Crippen LogP contribution in [0.25, 0.3) is 5.69 Å². The van der Waals surface area contributed by atoms with Gasteiger partial charge in [0.05, 0.1) is 15.7 Å². The molecule has 2 saturated carbocycles. The van der Waals surface area contributed by atoms with Gasteiger partial charge in [-0.25, -0.2) is 4.98 Å². The zero-order chi connectivity index (χ0) is 23.1. The van der Waals surface area contributed by atoms with Crippen LogP contribution >= 0.6 is 34.8 Å². The molecule has 0 radical (unpaired) electrons. The molecular weight excluding hydrogens is 485 g/mol. The molecule has 10 heteroatoms. The molecule has 2 bridgehead atoms. The lowest BCUT2D eigenvalue weighted by atomic mass is 9.95. The first kappa shape index (κ1) is 22.0. The van der Waals surface area contributed by atoms with Gasteiger partial charge in [-0.2, -0.15) is 15.0 Å². The number of nitriles is 1. The van der Waals surface area contributed by atoms with Gasteiger partial charge in [0.25, 0.3) is 5.91 Å². The summed E-state index contributed by atoms with van der Waals surface area (Å²) >= 11 is 18.4. The summed E-state index contributed by atoms with van der Waals surface area (Å²) in [5, 5.41) is 18.6. The van der Waals surface area contributed by atoms with Crippen LogP contribution in [0, 0.1) is 23.2 Å². The molecule has 2 aromatic heterocycles. The molecule has 1 N–H and O–H groups in total. The summed E-state index contributed by atoms with van der Waals surface area (Å²) < 4.78 is 7.24. The fourth-order valence-corrected chi connectivity index (χ4v) is 5.35. The second-order valence-corrected chi connectivity index (χ2v) is 9.60. The van der Waals surface area contributed by atoms with E-state index in [1.807, 2.05) is 0 Å². The zero-order valence-corrected chi connectivity index (χ0v) is 19.5. The number of fused-ring (bicyclic) bond motifs is 2. The number of carbonyl (C=O) groups excluding carboxylic acids is 1. The molecule has 2 heterocycles. The van der Waals surface area contributed by atoms with Crippen LogP contribution in [0.2, 0.25) is 15.1 Å². The molecule has 0 saturated heterocycles. The lowest BCUT2D eigenvalue weighted by molar-refractivity contribution is 0.0917. The second-order valence-electron chi connectivity index (χ2n) is 8.32. The third-order valence-corrected chi connectivity index (χ3v) is 7.03. The third-order valence-electron chi connectivity index (χ3n) is 6.26. The van der Waals surface area contributed by atoms with Gasteiger partial charge in [0.1, 0.15) is 11.6 Å². The summed E-state index contributed by atoms with van der Waals surface area (Å²) in [4.78, 5) is 17.3. The number of carbonyl (C=O) groups is 1. The average Bonchev–Trinajstić information content (AvgIpc) is 3.50. The Hall–Kier alpha value is -2.79. The van der Waals surface area contributed by atoms with E-state index in [1.165, 1.54) is 17.3 Å². The Bertz CT molecular complexity index is 1270. The standard InChI is InChI=1S/C23H18Cl3N5O2/c24-14-3-5-19(17(26)9-14)31-23(33-20-6-4-15(25)11-28-20)16(10-27)21(30-31)22(32)29-18-8-12-1-2-13(18)7-12/h3-6,9,11-13,18H,1-2,7-8H2,(H,29,32)/t12-,13-,18-/m0/s1. The maximum absolute atomic E-state index is 13.2. The SMILES string of the molecule is N#Cc1c(C(=O)N[C@H]2C[C@H]3CC[C@H]2C3)nn(-c2ccc(Cl)cc2Cl)c1Oc1ccc(Cl)cn1. The summed E-state index contributed by atoms with van der Waals surface area (Å²) in [6, 6.07) is 10.1. The van der Waals surface area contributed by atoms with E-state index < -0.39 is 5.91 Å². The van der Waals surface area contributed by atoms with E-state index in [2.05, 4.69) is 21.5 Å². The molecule has 1 amide bonds. The van der Waals surface area contributed by atoms with Crippen molar-refractivity contribution in [1.29, 1.82) is 5.26 Å². The lowest BCUT2D eigenvalue weighted by Gasteiger charge is -2.22. The van der Waals surface area contributed by atoms with Crippen LogP contribution in [0.5, 0.6) is 11.8 Å². The monoisotopic (exact) mass is 501 g/mol. The van der Waals surface area contributed by atoms with Crippen molar-refractivity contribution in [1.82, 2.24) is 20.1 Å². The molecule has 7 nitrogen and oxygen atoms in total. The van der Waals surface area contributed by atoms with Crippen molar-refractivity contribution >= 4 is 40.7 Å². The third kappa shape index (κ3) is 4.26. The fraction of sp³-hybridized carbons (Fsp3) is 0.304. The Morgan fingerprint density at radius 2 is 1.97 bits per heavy atom. The Morgan fingerprint density at radius 1 is 1.15 bits per heavy atom. The number of hydrogen-bond donors (Lipinski definition) is 1. The number of ether oxygens (including phenoxy) is 1. The molecule has 3 aromatic rings.